The van der Waals surface area contributed by atoms with Crippen molar-refractivity contribution in [3.63, 3.8) is 0 Å². The van der Waals surface area contributed by atoms with Crippen LogP contribution in [0.1, 0.15) is 56.5 Å². The molecule has 0 aromatic heterocycles. The van der Waals surface area contributed by atoms with Crippen LogP contribution in [-0.2, 0) is 15.4 Å². The Kier molecular flexibility index (Phi) is 6.72. The van der Waals surface area contributed by atoms with Crippen LogP contribution in [0.3, 0.4) is 0 Å². The molecule has 0 fully saturated rings. The molecule has 0 amide bonds. The third kappa shape index (κ3) is 5.25. The molecule has 0 heterocycles. The van der Waals surface area contributed by atoms with Gasteiger partial charge in [0.1, 0.15) is 10.6 Å². The average Bonchev–Trinajstić information content (AvgIpc) is 2.61. The van der Waals surface area contributed by atoms with Gasteiger partial charge in [0.15, 0.2) is 0 Å². The fourth-order valence-electron chi connectivity index (χ4n) is 2.59. The van der Waals surface area contributed by atoms with Crippen molar-refractivity contribution in [2.75, 3.05) is 11.3 Å². The summed E-state index contributed by atoms with van der Waals surface area (Å²) in [6, 6.07) is 11.0. The molecule has 0 atom stereocenters. The van der Waals surface area contributed by atoms with Gasteiger partial charge < -0.3 is 9.84 Å². The number of anilines is 1. The highest BCUT2D eigenvalue weighted by atomic mass is 32.2. The van der Waals surface area contributed by atoms with Crippen molar-refractivity contribution in [1.82, 2.24) is 0 Å². The number of sulfonamides is 1. The van der Waals surface area contributed by atoms with Crippen LogP contribution in [-0.4, -0.2) is 26.1 Å². The summed E-state index contributed by atoms with van der Waals surface area (Å²) in [7, 11) is -4.06. The Morgan fingerprint density at radius 2 is 1.82 bits per heavy atom. The Morgan fingerprint density at radius 3 is 2.43 bits per heavy atom. The van der Waals surface area contributed by atoms with Gasteiger partial charge in [-0.3, -0.25) is 4.72 Å². The van der Waals surface area contributed by atoms with Crippen molar-refractivity contribution < 1.29 is 23.1 Å². The van der Waals surface area contributed by atoms with Crippen LogP contribution in [0.5, 0.6) is 5.75 Å². The van der Waals surface area contributed by atoms with Crippen LogP contribution >= 0.6 is 0 Å². The van der Waals surface area contributed by atoms with Crippen molar-refractivity contribution >= 4 is 21.7 Å². The van der Waals surface area contributed by atoms with Gasteiger partial charge in [-0.2, -0.15) is 0 Å². The number of para-hydroxylation sites is 1. The van der Waals surface area contributed by atoms with Crippen LogP contribution in [0, 0.1) is 0 Å². The molecule has 2 rings (SSSR count). The summed E-state index contributed by atoms with van der Waals surface area (Å²) in [6.07, 6.45) is 1.72. The maximum absolute atomic E-state index is 13.1. The minimum atomic E-state index is -4.06. The molecule has 0 bridgehead atoms. The minimum Gasteiger partial charge on any atom is -0.492 e. The van der Waals surface area contributed by atoms with Gasteiger partial charge in [-0.05, 0) is 41.7 Å². The number of benzene rings is 2. The molecule has 28 heavy (non-hydrogen) atoms. The third-order valence-electron chi connectivity index (χ3n) is 4.26. The van der Waals surface area contributed by atoms with Gasteiger partial charge in [0, 0.05) is 0 Å². The lowest BCUT2D eigenvalue weighted by Gasteiger charge is -2.22. The first-order chi connectivity index (χ1) is 13.1. The Morgan fingerprint density at radius 1 is 1.14 bits per heavy atom. The first-order valence-electron chi connectivity index (χ1n) is 9.18. The minimum absolute atomic E-state index is 0.00350. The van der Waals surface area contributed by atoms with E-state index in [1.54, 1.807) is 24.3 Å². The van der Waals surface area contributed by atoms with Gasteiger partial charge in [0.05, 0.1) is 17.9 Å². The average molecular weight is 406 g/mol. The standard InChI is InChI=1S/C21H27NO5S/c1-5-6-13-27-18-12-11-15(21(2,3)4)14-19(18)28(25,26)22-17-10-8-7-9-16(17)20(23)24/h7-12,14,22H,5-6,13H2,1-4H3,(H,23,24). The highest BCUT2D eigenvalue weighted by molar-refractivity contribution is 7.92. The van der Waals surface area contributed by atoms with Crippen LogP contribution in [0.4, 0.5) is 5.69 Å². The van der Waals surface area contributed by atoms with E-state index < -0.39 is 16.0 Å². The van der Waals surface area contributed by atoms with E-state index in [4.69, 9.17) is 4.74 Å². The molecule has 2 N–H and O–H groups in total. The van der Waals surface area contributed by atoms with Crippen molar-refractivity contribution in [3.05, 3.63) is 53.6 Å². The van der Waals surface area contributed by atoms with Crippen molar-refractivity contribution in [1.29, 1.82) is 0 Å². The summed E-state index contributed by atoms with van der Waals surface area (Å²) in [5.74, 6) is -0.956. The van der Waals surface area contributed by atoms with E-state index in [2.05, 4.69) is 4.72 Å². The Hall–Kier alpha value is -2.54. The first-order valence-corrected chi connectivity index (χ1v) is 10.7. The predicted octanol–water partition coefficient (Wildman–Crippen LogP) is 4.66. The molecule has 2 aromatic rings. The lowest BCUT2D eigenvalue weighted by Crippen LogP contribution is -2.19. The van der Waals surface area contributed by atoms with Crippen molar-refractivity contribution in [2.45, 2.75) is 50.8 Å². The monoisotopic (exact) mass is 405 g/mol. The number of nitrogens with one attached hydrogen (secondary N) is 1. The number of rotatable bonds is 8. The highest BCUT2D eigenvalue weighted by Crippen LogP contribution is 2.32. The summed E-state index contributed by atoms with van der Waals surface area (Å²) < 4.78 is 34.4. The lowest BCUT2D eigenvalue weighted by molar-refractivity contribution is 0.0698. The van der Waals surface area contributed by atoms with Crippen LogP contribution in [0.25, 0.3) is 0 Å². The number of hydrogen-bond acceptors (Lipinski definition) is 4. The lowest BCUT2D eigenvalue weighted by atomic mass is 9.87. The summed E-state index contributed by atoms with van der Waals surface area (Å²) in [4.78, 5) is 11.4. The molecule has 0 aliphatic carbocycles. The number of carboxylic acids is 1. The molecule has 152 valence electrons. The molecule has 0 unspecified atom stereocenters. The van der Waals surface area contributed by atoms with Gasteiger partial charge in [0.2, 0.25) is 0 Å². The number of unbranched alkanes of at least 4 members (excludes halogenated alkanes) is 1. The summed E-state index contributed by atoms with van der Waals surface area (Å²) >= 11 is 0. The molecule has 0 spiro atoms. The van der Waals surface area contributed by atoms with Crippen LogP contribution < -0.4 is 9.46 Å². The van der Waals surface area contributed by atoms with E-state index >= 15 is 0 Å². The summed E-state index contributed by atoms with van der Waals surface area (Å²) in [6.45, 7) is 8.39. The number of carbonyl (C=O) groups is 1. The second-order valence-corrected chi connectivity index (χ2v) is 9.22. The summed E-state index contributed by atoms with van der Waals surface area (Å²) in [5, 5.41) is 9.32. The van der Waals surface area contributed by atoms with Gasteiger partial charge in [0.25, 0.3) is 10.0 Å². The van der Waals surface area contributed by atoms with Crippen LogP contribution in [0.2, 0.25) is 0 Å². The quantitative estimate of drug-likeness (QED) is 0.623. The maximum Gasteiger partial charge on any atom is 0.337 e. The second kappa shape index (κ2) is 8.65. The zero-order valence-electron chi connectivity index (χ0n) is 16.7. The van der Waals surface area contributed by atoms with Gasteiger partial charge >= 0.3 is 5.97 Å². The number of hydrogen-bond donors (Lipinski definition) is 2. The molecule has 6 nitrogen and oxygen atoms in total. The maximum atomic E-state index is 13.1. The zero-order valence-corrected chi connectivity index (χ0v) is 17.5. The molecule has 0 radical (unpaired) electrons. The molecule has 0 aliphatic rings. The van der Waals surface area contributed by atoms with E-state index in [1.807, 2.05) is 33.8 Å². The van der Waals surface area contributed by atoms with E-state index in [0.29, 0.717) is 6.61 Å². The summed E-state index contributed by atoms with van der Waals surface area (Å²) in [5.41, 5.74) is 0.468. The molecule has 2 aromatic carbocycles. The molecular formula is C21H27NO5S. The smallest absolute Gasteiger partial charge is 0.337 e. The first kappa shape index (κ1) is 21.8. The van der Waals surface area contributed by atoms with Gasteiger partial charge in [-0.1, -0.05) is 52.3 Å². The number of ether oxygens (including phenoxy) is 1. The van der Waals surface area contributed by atoms with E-state index in [9.17, 15) is 18.3 Å². The van der Waals surface area contributed by atoms with Crippen molar-refractivity contribution in [2.24, 2.45) is 0 Å². The van der Waals surface area contributed by atoms with E-state index in [0.717, 1.165) is 18.4 Å². The predicted molar refractivity (Wildman–Crippen MR) is 110 cm³/mol. The largest absolute Gasteiger partial charge is 0.492 e. The van der Waals surface area contributed by atoms with Gasteiger partial charge in [-0.15, -0.1) is 0 Å². The molecule has 7 heteroatoms. The number of aromatic carboxylic acids is 1. The van der Waals surface area contributed by atoms with E-state index in [1.165, 1.54) is 12.1 Å². The Labute approximate surface area is 166 Å². The second-order valence-electron chi connectivity index (χ2n) is 7.57. The molecule has 0 saturated heterocycles. The number of carboxylic acid groups (broad SMARTS) is 1. The van der Waals surface area contributed by atoms with Crippen molar-refractivity contribution in [3.8, 4) is 5.75 Å². The zero-order chi connectivity index (χ0) is 20.9. The normalized spacial score (nSPS) is 11.9. The topological polar surface area (TPSA) is 92.7 Å². The van der Waals surface area contributed by atoms with Gasteiger partial charge in [-0.25, -0.2) is 13.2 Å². The van der Waals surface area contributed by atoms with E-state index in [-0.39, 0.29) is 27.3 Å². The SMILES string of the molecule is CCCCOc1ccc(C(C)(C)C)cc1S(=O)(=O)Nc1ccccc1C(=O)O. The fourth-order valence-corrected chi connectivity index (χ4v) is 3.84. The molecule has 0 saturated carbocycles. The highest BCUT2D eigenvalue weighted by Gasteiger charge is 2.25. The molecular weight excluding hydrogens is 378 g/mol. The Balaban J connectivity index is 2.51. The fraction of sp³-hybridized carbons (Fsp3) is 0.381. The third-order valence-corrected chi connectivity index (χ3v) is 5.64. The van der Waals surface area contributed by atoms with Crippen LogP contribution in [0.15, 0.2) is 47.4 Å². The Bertz CT molecular complexity index is 946. The molecule has 0 aliphatic heterocycles.